The number of fused-ring (bicyclic) bond motifs is 1. The normalized spacial score (nSPS) is 11.8. The second-order valence-electron chi connectivity index (χ2n) is 5.34. The zero-order valence-electron chi connectivity index (χ0n) is 12.4. The Kier molecular flexibility index (Phi) is 3.44. The van der Waals surface area contributed by atoms with Crippen molar-refractivity contribution >= 4 is 17.0 Å². The van der Waals surface area contributed by atoms with Crippen molar-refractivity contribution < 1.29 is 0 Å². The van der Waals surface area contributed by atoms with Gasteiger partial charge in [-0.3, -0.25) is 0 Å². The zero-order chi connectivity index (χ0) is 14.8. The third kappa shape index (κ3) is 2.79. The molecule has 104 valence electrons. The molecule has 0 spiro atoms. The minimum Gasteiger partial charge on any atom is -0.361 e. The summed E-state index contributed by atoms with van der Waals surface area (Å²) in [6.45, 7) is 8.03. The second-order valence-corrected chi connectivity index (χ2v) is 5.34. The van der Waals surface area contributed by atoms with Gasteiger partial charge in [0.05, 0.1) is 11.4 Å². The molecule has 0 bridgehead atoms. The number of nitrogens with zero attached hydrogens (tertiary/aromatic N) is 1. The Morgan fingerprint density at radius 2 is 2.00 bits per heavy atom. The van der Waals surface area contributed by atoms with Crippen LogP contribution in [0.2, 0.25) is 0 Å². The number of nitrogens with one attached hydrogen (secondary N) is 1. The van der Waals surface area contributed by atoms with Crippen LogP contribution in [-0.2, 0) is 0 Å². The maximum atomic E-state index is 4.73. The topological polar surface area (TPSA) is 28.7 Å². The lowest BCUT2D eigenvalue weighted by molar-refractivity contribution is 1.28. The van der Waals surface area contributed by atoms with Gasteiger partial charge in [0, 0.05) is 22.7 Å². The molecular weight excluding hydrogens is 256 g/mol. The second kappa shape index (κ2) is 5.41. The molecule has 0 aliphatic carbocycles. The van der Waals surface area contributed by atoms with E-state index in [1.54, 1.807) is 0 Å². The van der Waals surface area contributed by atoms with Crippen molar-refractivity contribution in [2.24, 2.45) is 0 Å². The molecule has 0 atom stereocenters. The first-order chi connectivity index (χ1) is 10.1. The van der Waals surface area contributed by atoms with Crippen molar-refractivity contribution in [1.29, 1.82) is 0 Å². The fourth-order valence-corrected chi connectivity index (χ4v) is 2.25. The number of hydrogen-bond donors (Lipinski definition) is 1. The van der Waals surface area contributed by atoms with Crippen molar-refractivity contribution in [3.8, 4) is 11.3 Å². The van der Waals surface area contributed by atoms with E-state index >= 15 is 0 Å². The van der Waals surface area contributed by atoms with E-state index in [0.29, 0.717) is 0 Å². The molecule has 3 aromatic rings. The molecule has 0 amide bonds. The average Bonchev–Trinajstić information content (AvgIpc) is 2.94. The summed E-state index contributed by atoms with van der Waals surface area (Å²) in [5.41, 5.74) is 6.44. The van der Waals surface area contributed by atoms with Gasteiger partial charge in [-0.1, -0.05) is 24.3 Å². The van der Waals surface area contributed by atoms with Gasteiger partial charge in [-0.25, -0.2) is 4.98 Å². The Bertz CT molecular complexity index is 837. The molecule has 1 N–H and O–H groups in total. The lowest BCUT2D eigenvalue weighted by Crippen LogP contribution is -1.88. The van der Waals surface area contributed by atoms with E-state index in [4.69, 9.17) is 4.98 Å². The fraction of sp³-hybridized carbons (Fsp3) is 0.105. The van der Waals surface area contributed by atoms with Gasteiger partial charge in [-0.2, -0.15) is 0 Å². The van der Waals surface area contributed by atoms with Crippen LogP contribution in [0.5, 0.6) is 0 Å². The molecular formula is C19H18N2. The molecule has 1 aromatic carbocycles. The molecule has 2 heterocycles. The summed E-state index contributed by atoms with van der Waals surface area (Å²) < 4.78 is 0. The summed E-state index contributed by atoms with van der Waals surface area (Å²) in [4.78, 5) is 7.94. The maximum Gasteiger partial charge on any atom is 0.0709 e. The van der Waals surface area contributed by atoms with E-state index < -0.39 is 0 Å². The maximum absolute atomic E-state index is 4.73. The molecule has 0 unspecified atom stereocenters. The number of hydrogen-bond acceptors (Lipinski definition) is 1. The van der Waals surface area contributed by atoms with Gasteiger partial charge in [0.25, 0.3) is 0 Å². The molecule has 0 aliphatic rings. The van der Waals surface area contributed by atoms with E-state index in [1.807, 2.05) is 31.3 Å². The van der Waals surface area contributed by atoms with Crippen LogP contribution in [0.15, 0.2) is 66.4 Å². The largest absolute Gasteiger partial charge is 0.361 e. The van der Waals surface area contributed by atoms with E-state index in [2.05, 4.69) is 48.8 Å². The van der Waals surface area contributed by atoms with Gasteiger partial charge in [-0.15, -0.1) is 0 Å². The van der Waals surface area contributed by atoms with Gasteiger partial charge in [0.1, 0.15) is 0 Å². The predicted molar refractivity (Wildman–Crippen MR) is 90.0 cm³/mol. The highest BCUT2D eigenvalue weighted by Crippen LogP contribution is 2.23. The van der Waals surface area contributed by atoms with Crippen LogP contribution in [0.4, 0.5) is 0 Å². The summed E-state index contributed by atoms with van der Waals surface area (Å²) in [7, 11) is 0. The number of rotatable bonds is 3. The molecule has 0 radical (unpaired) electrons. The first-order valence-corrected chi connectivity index (χ1v) is 7.02. The summed E-state index contributed by atoms with van der Waals surface area (Å²) in [5.74, 6) is 0. The third-order valence-electron chi connectivity index (χ3n) is 3.66. The predicted octanol–water partition coefficient (Wildman–Crippen LogP) is 5.21. The number of allylic oxidation sites excluding steroid dienone is 2. The van der Waals surface area contributed by atoms with E-state index in [0.717, 1.165) is 33.6 Å². The number of H-pyrrole nitrogens is 1. The summed E-state index contributed by atoms with van der Waals surface area (Å²) in [6.07, 6.45) is 4.03. The Labute approximate surface area is 124 Å². The Balaban J connectivity index is 2.02. The minimum absolute atomic E-state index is 0.960. The van der Waals surface area contributed by atoms with Crippen LogP contribution in [-0.4, -0.2) is 9.97 Å². The van der Waals surface area contributed by atoms with Gasteiger partial charge >= 0.3 is 0 Å². The number of aromatic amines is 1. The van der Waals surface area contributed by atoms with E-state index in [-0.39, 0.29) is 0 Å². The van der Waals surface area contributed by atoms with Crippen LogP contribution in [0.1, 0.15) is 19.5 Å². The number of pyridine rings is 1. The van der Waals surface area contributed by atoms with Gasteiger partial charge in [0.2, 0.25) is 0 Å². The zero-order valence-corrected chi connectivity index (χ0v) is 12.4. The Morgan fingerprint density at radius 1 is 1.14 bits per heavy atom. The lowest BCUT2D eigenvalue weighted by Gasteiger charge is -2.04. The third-order valence-corrected chi connectivity index (χ3v) is 3.66. The molecule has 3 rings (SSSR count). The van der Waals surface area contributed by atoms with E-state index in [1.165, 1.54) is 5.39 Å². The highest BCUT2D eigenvalue weighted by molar-refractivity contribution is 5.84. The van der Waals surface area contributed by atoms with Crippen LogP contribution in [0.3, 0.4) is 0 Å². The smallest absolute Gasteiger partial charge is 0.0709 e. The van der Waals surface area contributed by atoms with Gasteiger partial charge < -0.3 is 4.98 Å². The fourth-order valence-electron chi connectivity index (χ4n) is 2.25. The molecule has 0 fully saturated rings. The van der Waals surface area contributed by atoms with Crippen LogP contribution in [0, 0.1) is 0 Å². The van der Waals surface area contributed by atoms with Gasteiger partial charge in [0.15, 0.2) is 0 Å². The monoisotopic (exact) mass is 274 g/mol. The van der Waals surface area contributed by atoms with E-state index in [9.17, 15) is 0 Å². The summed E-state index contributed by atoms with van der Waals surface area (Å²) >= 11 is 0. The SMILES string of the molecule is C=C(C)/C(C)=C/c1cccc(-c2ccc3[nH]ccc3c2)n1. The quantitative estimate of drug-likeness (QED) is 0.652. The van der Waals surface area contributed by atoms with Crippen LogP contribution < -0.4 is 0 Å². The molecule has 0 aliphatic heterocycles. The van der Waals surface area contributed by atoms with Crippen LogP contribution in [0.25, 0.3) is 28.2 Å². The Morgan fingerprint density at radius 3 is 2.81 bits per heavy atom. The summed E-state index contributed by atoms with van der Waals surface area (Å²) in [6, 6.07) is 14.5. The van der Waals surface area contributed by atoms with Crippen molar-refractivity contribution in [1.82, 2.24) is 9.97 Å². The van der Waals surface area contributed by atoms with Crippen molar-refractivity contribution in [2.75, 3.05) is 0 Å². The molecule has 2 aromatic heterocycles. The highest BCUT2D eigenvalue weighted by atomic mass is 14.7. The molecule has 21 heavy (non-hydrogen) atoms. The summed E-state index contributed by atoms with van der Waals surface area (Å²) in [5, 5.41) is 1.20. The first-order valence-electron chi connectivity index (χ1n) is 7.02. The van der Waals surface area contributed by atoms with Gasteiger partial charge in [-0.05, 0) is 55.8 Å². The Hall–Kier alpha value is -2.61. The van der Waals surface area contributed by atoms with Crippen molar-refractivity contribution in [2.45, 2.75) is 13.8 Å². The molecule has 2 nitrogen and oxygen atoms in total. The van der Waals surface area contributed by atoms with Crippen molar-refractivity contribution in [3.05, 3.63) is 72.1 Å². The highest BCUT2D eigenvalue weighted by Gasteiger charge is 2.03. The number of benzene rings is 1. The van der Waals surface area contributed by atoms with Crippen LogP contribution >= 0.6 is 0 Å². The number of aromatic nitrogens is 2. The lowest BCUT2D eigenvalue weighted by atomic mass is 10.1. The molecule has 0 saturated carbocycles. The first kappa shape index (κ1) is 13.4. The molecule has 0 saturated heterocycles. The molecule has 2 heteroatoms. The standard InChI is InChI=1S/C19H18N2/c1-13(2)14(3)11-17-5-4-6-19(21-17)15-7-8-18-16(12-15)9-10-20-18/h4-12,20H,1H2,2-3H3/b14-11+. The minimum atomic E-state index is 0.960. The average molecular weight is 274 g/mol. The van der Waals surface area contributed by atoms with Crippen molar-refractivity contribution in [3.63, 3.8) is 0 Å².